The fraction of sp³-hybridized carbons (Fsp3) is 0.562. The van der Waals surface area contributed by atoms with Gasteiger partial charge in [0.2, 0.25) is 0 Å². The topological polar surface area (TPSA) is 44.0 Å². The van der Waals surface area contributed by atoms with E-state index in [0.29, 0.717) is 0 Å². The summed E-state index contributed by atoms with van der Waals surface area (Å²) in [4.78, 5) is 0. The molecule has 96 valence electrons. The van der Waals surface area contributed by atoms with Crippen LogP contribution in [0.4, 0.5) is 0 Å². The molecule has 0 saturated heterocycles. The van der Waals surface area contributed by atoms with Crippen LogP contribution >= 0.6 is 0 Å². The van der Waals surface area contributed by atoms with Crippen molar-refractivity contribution >= 4 is 0 Å². The molecule has 0 amide bonds. The summed E-state index contributed by atoms with van der Waals surface area (Å²) in [6.45, 7) is 3.83. The Morgan fingerprint density at radius 2 is 1.67 bits per heavy atom. The standard InChI is InChI=1S/C16H21NO/c1-15(2,12-17)13-6-8-14(9-7-13)16(18)10-4-3-5-11-16/h6-9,18H,3-5,10-11H2,1-2H3. The van der Waals surface area contributed by atoms with Gasteiger partial charge in [-0.15, -0.1) is 0 Å². The molecular weight excluding hydrogens is 222 g/mol. The summed E-state index contributed by atoms with van der Waals surface area (Å²) >= 11 is 0. The predicted molar refractivity (Wildman–Crippen MR) is 72.1 cm³/mol. The summed E-state index contributed by atoms with van der Waals surface area (Å²) in [6.07, 6.45) is 5.13. The molecule has 2 rings (SSSR count). The van der Waals surface area contributed by atoms with Gasteiger partial charge in [0.05, 0.1) is 17.1 Å². The minimum Gasteiger partial charge on any atom is -0.385 e. The first-order valence-corrected chi connectivity index (χ1v) is 6.73. The SMILES string of the molecule is CC(C)(C#N)c1ccc(C2(O)CCCCC2)cc1. The van der Waals surface area contributed by atoms with Crippen LogP contribution < -0.4 is 0 Å². The second-order valence-electron chi connectivity index (χ2n) is 5.91. The Hall–Kier alpha value is -1.33. The number of nitrogens with zero attached hydrogens (tertiary/aromatic N) is 1. The van der Waals surface area contributed by atoms with Gasteiger partial charge in [0.15, 0.2) is 0 Å². The van der Waals surface area contributed by atoms with E-state index in [0.717, 1.165) is 36.8 Å². The zero-order valence-corrected chi connectivity index (χ0v) is 11.2. The third-order valence-corrected chi connectivity index (χ3v) is 4.10. The van der Waals surface area contributed by atoms with Crippen LogP contribution in [0.15, 0.2) is 24.3 Å². The molecule has 1 N–H and O–H groups in total. The Labute approximate surface area is 109 Å². The average Bonchev–Trinajstić information content (AvgIpc) is 2.40. The third-order valence-electron chi connectivity index (χ3n) is 4.10. The van der Waals surface area contributed by atoms with Gasteiger partial charge in [-0.05, 0) is 37.8 Å². The predicted octanol–water partition coefficient (Wildman–Crippen LogP) is 3.64. The van der Waals surface area contributed by atoms with Gasteiger partial charge < -0.3 is 5.11 Å². The summed E-state index contributed by atoms with van der Waals surface area (Å²) in [5.74, 6) is 0. The van der Waals surface area contributed by atoms with Crippen LogP contribution in [-0.2, 0) is 11.0 Å². The van der Waals surface area contributed by atoms with Crippen molar-refractivity contribution in [3.05, 3.63) is 35.4 Å². The van der Waals surface area contributed by atoms with Gasteiger partial charge >= 0.3 is 0 Å². The van der Waals surface area contributed by atoms with E-state index in [1.54, 1.807) is 0 Å². The quantitative estimate of drug-likeness (QED) is 0.861. The molecule has 0 bridgehead atoms. The van der Waals surface area contributed by atoms with Crippen LogP contribution in [-0.4, -0.2) is 5.11 Å². The molecule has 0 heterocycles. The van der Waals surface area contributed by atoms with Gasteiger partial charge in [0.25, 0.3) is 0 Å². The lowest BCUT2D eigenvalue weighted by atomic mass is 9.78. The van der Waals surface area contributed by atoms with Crippen molar-refractivity contribution in [1.82, 2.24) is 0 Å². The number of rotatable bonds is 2. The molecule has 1 aliphatic rings. The van der Waals surface area contributed by atoms with Crippen molar-refractivity contribution in [2.24, 2.45) is 0 Å². The first kappa shape index (κ1) is 13.1. The van der Waals surface area contributed by atoms with Crippen molar-refractivity contribution in [1.29, 1.82) is 5.26 Å². The Morgan fingerprint density at radius 3 is 2.17 bits per heavy atom. The lowest BCUT2D eigenvalue weighted by Crippen LogP contribution is -2.28. The molecule has 2 heteroatoms. The molecule has 1 saturated carbocycles. The maximum atomic E-state index is 10.6. The van der Waals surface area contributed by atoms with E-state index >= 15 is 0 Å². The minimum atomic E-state index is -0.645. The van der Waals surface area contributed by atoms with E-state index < -0.39 is 11.0 Å². The zero-order chi connectivity index (χ0) is 13.2. The second-order valence-corrected chi connectivity index (χ2v) is 5.91. The molecule has 2 nitrogen and oxygen atoms in total. The van der Waals surface area contributed by atoms with Crippen molar-refractivity contribution in [3.8, 4) is 6.07 Å². The molecule has 0 unspecified atom stereocenters. The lowest BCUT2D eigenvalue weighted by molar-refractivity contribution is -0.000647. The van der Waals surface area contributed by atoms with E-state index in [-0.39, 0.29) is 0 Å². The van der Waals surface area contributed by atoms with Crippen LogP contribution in [0.2, 0.25) is 0 Å². The van der Waals surface area contributed by atoms with E-state index in [2.05, 4.69) is 6.07 Å². The van der Waals surface area contributed by atoms with Gasteiger partial charge in [-0.3, -0.25) is 0 Å². The fourth-order valence-corrected chi connectivity index (χ4v) is 2.69. The molecule has 1 fully saturated rings. The smallest absolute Gasteiger partial charge is 0.0896 e. The Balaban J connectivity index is 2.25. The Bertz CT molecular complexity index is 447. The number of hydrogen-bond donors (Lipinski definition) is 1. The van der Waals surface area contributed by atoms with Crippen molar-refractivity contribution < 1.29 is 5.11 Å². The minimum absolute atomic E-state index is 0.465. The van der Waals surface area contributed by atoms with Crippen LogP contribution in [0.5, 0.6) is 0 Å². The highest BCUT2D eigenvalue weighted by atomic mass is 16.3. The Kier molecular flexibility index (Phi) is 3.45. The van der Waals surface area contributed by atoms with Crippen LogP contribution in [0.25, 0.3) is 0 Å². The molecule has 1 aromatic rings. The maximum absolute atomic E-state index is 10.6. The first-order chi connectivity index (χ1) is 8.48. The zero-order valence-electron chi connectivity index (χ0n) is 11.2. The van der Waals surface area contributed by atoms with Gasteiger partial charge in [0, 0.05) is 0 Å². The van der Waals surface area contributed by atoms with E-state index in [1.807, 2.05) is 38.1 Å². The van der Waals surface area contributed by atoms with E-state index in [1.165, 1.54) is 6.42 Å². The van der Waals surface area contributed by atoms with Crippen LogP contribution in [0.1, 0.15) is 57.1 Å². The Morgan fingerprint density at radius 1 is 1.11 bits per heavy atom. The van der Waals surface area contributed by atoms with Crippen LogP contribution in [0, 0.1) is 11.3 Å². The highest BCUT2D eigenvalue weighted by Gasteiger charge is 2.31. The molecule has 0 atom stereocenters. The first-order valence-electron chi connectivity index (χ1n) is 6.73. The number of nitriles is 1. The number of hydrogen-bond acceptors (Lipinski definition) is 2. The lowest BCUT2D eigenvalue weighted by Gasteiger charge is -2.33. The monoisotopic (exact) mass is 243 g/mol. The maximum Gasteiger partial charge on any atom is 0.0896 e. The van der Waals surface area contributed by atoms with E-state index in [4.69, 9.17) is 5.26 Å². The summed E-state index contributed by atoms with van der Waals surface area (Å²) < 4.78 is 0. The van der Waals surface area contributed by atoms with Crippen molar-refractivity contribution in [2.45, 2.75) is 57.0 Å². The molecule has 1 aliphatic carbocycles. The second kappa shape index (κ2) is 4.74. The van der Waals surface area contributed by atoms with Crippen molar-refractivity contribution in [2.75, 3.05) is 0 Å². The molecule has 0 aliphatic heterocycles. The van der Waals surface area contributed by atoms with Gasteiger partial charge in [-0.25, -0.2) is 0 Å². The summed E-state index contributed by atoms with van der Waals surface area (Å²) in [6, 6.07) is 10.2. The highest BCUT2D eigenvalue weighted by Crippen LogP contribution is 2.37. The third kappa shape index (κ3) is 2.42. The van der Waals surface area contributed by atoms with Crippen LogP contribution in [0.3, 0.4) is 0 Å². The molecule has 0 spiro atoms. The van der Waals surface area contributed by atoms with Gasteiger partial charge in [0.1, 0.15) is 0 Å². The summed E-state index contributed by atoms with van der Waals surface area (Å²) in [7, 11) is 0. The molecule has 1 aromatic carbocycles. The van der Waals surface area contributed by atoms with Gasteiger partial charge in [-0.1, -0.05) is 43.5 Å². The van der Waals surface area contributed by atoms with Crippen molar-refractivity contribution in [3.63, 3.8) is 0 Å². The highest BCUT2D eigenvalue weighted by molar-refractivity contribution is 5.34. The molecule has 18 heavy (non-hydrogen) atoms. The summed E-state index contributed by atoms with van der Waals surface area (Å²) in [5, 5.41) is 19.7. The largest absolute Gasteiger partial charge is 0.385 e. The van der Waals surface area contributed by atoms with E-state index in [9.17, 15) is 5.11 Å². The number of aliphatic hydroxyl groups is 1. The normalized spacial score (nSPS) is 19.2. The summed E-state index contributed by atoms with van der Waals surface area (Å²) in [5.41, 5.74) is 0.897. The molecule has 0 radical (unpaired) electrons. The molecule has 0 aromatic heterocycles. The number of benzene rings is 1. The molecular formula is C16H21NO. The average molecular weight is 243 g/mol. The van der Waals surface area contributed by atoms with Gasteiger partial charge in [-0.2, -0.15) is 5.26 Å². The fourth-order valence-electron chi connectivity index (χ4n) is 2.69.